The van der Waals surface area contributed by atoms with E-state index in [9.17, 15) is 14.4 Å². The molecule has 1 unspecified atom stereocenters. The zero-order valence-corrected chi connectivity index (χ0v) is 18.7. The van der Waals surface area contributed by atoms with E-state index in [0.29, 0.717) is 13.1 Å². The quantitative estimate of drug-likeness (QED) is 0.449. The lowest BCUT2D eigenvalue weighted by Crippen LogP contribution is -2.38. The monoisotopic (exact) mass is 462 g/mol. The second kappa shape index (κ2) is 10.2. The molecule has 0 saturated heterocycles. The molecular weight excluding hydrogens is 436 g/mol. The molecule has 0 radical (unpaired) electrons. The van der Waals surface area contributed by atoms with E-state index in [2.05, 4.69) is 39.9 Å². The lowest BCUT2D eigenvalue weighted by molar-refractivity contribution is -0.124. The fourth-order valence-electron chi connectivity index (χ4n) is 4.05. The Balaban J connectivity index is 1.21. The maximum Gasteiger partial charge on any atom is 0.407 e. The Labute approximate surface area is 196 Å². The van der Waals surface area contributed by atoms with Gasteiger partial charge in [0, 0.05) is 31.7 Å². The summed E-state index contributed by atoms with van der Waals surface area (Å²) in [7, 11) is 0. The summed E-state index contributed by atoms with van der Waals surface area (Å²) in [6.07, 6.45) is 2.23. The SMILES string of the molecule is CC(CNC(=O)OCC1c2ccccc2-c2ccccc21)C(=O)NCCn1cnc(C(=O)O)c1. The number of aromatic carboxylic acids is 1. The minimum absolute atomic E-state index is 0.0244. The van der Waals surface area contributed by atoms with Crippen molar-refractivity contribution >= 4 is 18.0 Å². The first-order chi connectivity index (χ1) is 16.4. The molecule has 2 amide bonds. The van der Waals surface area contributed by atoms with Gasteiger partial charge in [-0.15, -0.1) is 0 Å². The molecule has 9 heteroatoms. The van der Waals surface area contributed by atoms with Crippen LogP contribution in [0.25, 0.3) is 11.1 Å². The van der Waals surface area contributed by atoms with Gasteiger partial charge in [-0.2, -0.15) is 0 Å². The number of nitrogens with one attached hydrogen (secondary N) is 2. The van der Waals surface area contributed by atoms with E-state index in [-0.39, 0.29) is 30.7 Å². The molecule has 1 heterocycles. The van der Waals surface area contributed by atoms with Gasteiger partial charge in [-0.1, -0.05) is 55.5 Å². The minimum atomic E-state index is -1.10. The number of hydrogen-bond donors (Lipinski definition) is 3. The van der Waals surface area contributed by atoms with Crippen LogP contribution in [0.2, 0.25) is 0 Å². The Morgan fingerprint density at radius 2 is 1.71 bits per heavy atom. The first-order valence-electron chi connectivity index (χ1n) is 11.1. The molecule has 1 aliphatic rings. The van der Waals surface area contributed by atoms with Gasteiger partial charge >= 0.3 is 12.1 Å². The fourth-order valence-corrected chi connectivity index (χ4v) is 4.05. The Morgan fingerprint density at radius 3 is 2.32 bits per heavy atom. The molecule has 1 aliphatic carbocycles. The van der Waals surface area contributed by atoms with Gasteiger partial charge in [0.1, 0.15) is 6.61 Å². The van der Waals surface area contributed by atoms with Crippen molar-refractivity contribution in [1.82, 2.24) is 20.2 Å². The lowest BCUT2D eigenvalue weighted by atomic mass is 9.98. The number of benzene rings is 2. The van der Waals surface area contributed by atoms with Crippen LogP contribution in [0.15, 0.2) is 61.1 Å². The Bertz CT molecular complexity index is 1160. The van der Waals surface area contributed by atoms with Crippen molar-refractivity contribution in [3.8, 4) is 11.1 Å². The third-order valence-electron chi connectivity index (χ3n) is 5.87. The summed E-state index contributed by atoms with van der Waals surface area (Å²) >= 11 is 0. The number of carboxylic acids is 1. The molecule has 1 atom stereocenters. The van der Waals surface area contributed by atoms with Crippen molar-refractivity contribution in [3.63, 3.8) is 0 Å². The topological polar surface area (TPSA) is 123 Å². The van der Waals surface area contributed by atoms with Crippen LogP contribution in [0.5, 0.6) is 0 Å². The standard InChI is InChI=1S/C25H26N4O5/c1-16(23(30)26-10-11-29-13-22(24(31)32)28-15-29)12-27-25(33)34-14-21-19-8-4-2-6-17(19)18-7-3-5-9-20(18)21/h2-9,13,15-16,21H,10-12,14H2,1H3,(H,26,30)(H,27,33)(H,31,32). The van der Waals surface area contributed by atoms with Gasteiger partial charge in [0.05, 0.1) is 12.2 Å². The summed E-state index contributed by atoms with van der Waals surface area (Å²) in [5.74, 6) is -1.81. The van der Waals surface area contributed by atoms with E-state index < -0.39 is 18.0 Å². The maximum absolute atomic E-state index is 12.3. The smallest absolute Gasteiger partial charge is 0.407 e. The Hall–Kier alpha value is -4.14. The molecule has 0 aliphatic heterocycles. The average Bonchev–Trinajstić information content (AvgIpc) is 3.44. The summed E-state index contributed by atoms with van der Waals surface area (Å²) in [6.45, 7) is 2.75. The number of hydrogen-bond acceptors (Lipinski definition) is 5. The van der Waals surface area contributed by atoms with Crippen LogP contribution in [0.1, 0.15) is 34.5 Å². The van der Waals surface area contributed by atoms with Crippen molar-refractivity contribution in [2.45, 2.75) is 19.4 Å². The molecular formula is C25H26N4O5. The zero-order valence-electron chi connectivity index (χ0n) is 18.7. The van der Waals surface area contributed by atoms with Gasteiger partial charge in [-0.3, -0.25) is 4.79 Å². The number of alkyl carbamates (subject to hydrolysis) is 1. The van der Waals surface area contributed by atoms with Crippen LogP contribution in [0.4, 0.5) is 4.79 Å². The molecule has 3 N–H and O–H groups in total. The van der Waals surface area contributed by atoms with Gasteiger partial charge in [0.2, 0.25) is 5.91 Å². The number of carbonyl (C=O) groups is 3. The zero-order chi connectivity index (χ0) is 24.1. The van der Waals surface area contributed by atoms with Gasteiger partial charge < -0.3 is 25.0 Å². The molecule has 0 fully saturated rings. The molecule has 0 saturated carbocycles. The Kier molecular flexibility index (Phi) is 6.91. The fraction of sp³-hybridized carbons (Fsp3) is 0.280. The van der Waals surface area contributed by atoms with E-state index >= 15 is 0 Å². The minimum Gasteiger partial charge on any atom is -0.476 e. The van der Waals surface area contributed by atoms with Crippen LogP contribution in [0, 0.1) is 5.92 Å². The molecule has 2 aromatic carbocycles. The van der Waals surface area contributed by atoms with Crippen LogP contribution < -0.4 is 10.6 Å². The first-order valence-corrected chi connectivity index (χ1v) is 11.1. The number of fused-ring (bicyclic) bond motifs is 3. The predicted octanol–water partition coefficient (Wildman–Crippen LogP) is 2.87. The molecule has 1 aromatic heterocycles. The number of nitrogens with zero attached hydrogens (tertiary/aromatic N) is 2. The van der Waals surface area contributed by atoms with Gasteiger partial charge in [0.25, 0.3) is 0 Å². The summed E-state index contributed by atoms with van der Waals surface area (Å²) in [5, 5.41) is 14.3. The summed E-state index contributed by atoms with van der Waals surface area (Å²) in [4.78, 5) is 39.2. The van der Waals surface area contributed by atoms with Crippen molar-refractivity contribution in [2.24, 2.45) is 5.92 Å². The number of aromatic nitrogens is 2. The van der Waals surface area contributed by atoms with Gasteiger partial charge in [-0.25, -0.2) is 14.6 Å². The van der Waals surface area contributed by atoms with E-state index in [1.807, 2.05) is 24.3 Å². The molecule has 0 bridgehead atoms. The number of rotatable bonds is 9. The number of carboxylic acid groups (broad SMARTS) is 1. The number of amides is 2. The summed E-state index contributed by atoms with van der Waals surface area (Å²) < 4.78 is 7.08. The summed E-state index contributed by atoms with van der Waals surface area (Å²) in [6, 6.07) is 16.2. The summed E-state index contributed by atoms with van der Waals surface area (Å²) in [5.41, 5.74) is 4.54. The van der Waals surface area contributed by atoms with Crippen LogP contribution >= 0.6 is 0 Å². The second-order valence-electron chi connectivity index (χ2n) is 8.20. The molecule has 176 valence electrons. The van der Waals surface area contributed by atoms with Crippen molar-refractivity contribution in [2.75, 3.05) is 19.7 Å². The van der Waals surface area contributed by atoms with Crippen molar-refractivity contribution in [3.05, 3.63) is 77.9 Å². The van der Waals surface area contributed by atoms with Crippen LogP contribution in [-0.4, -0.2) is 52.3 Å². The molecule has 0 spiro atoms. The van der Waals surface area contributed by atoms with E-state index in [1.54, 1.807) is 11.5 Å². The molecule has 3 aromatic rings. The van der Waals surface area contributed by atoms with Crippen molar-refractivity contribution in [1.29, 1.82) is 0 Å². The van der Waals surface area contributed by atoms with E-state index in [1.165, 1.54) is 12.5 Å². The first kappa shape index (κ1) is 23.0. The third kappa shape index (κ3) is 5.09. The highest BCUT2D eigenvalue weighted by Gasteiger charge is 2.29. The number of ether oxygens (including phenoxy) is 1. The lowest BCUT2D eigenvalue weighted by Gasteiger charge is -2.16. The highest BCUT2D eigenvalue weighted by molar-refractivity contribution is 5.85. The normalized spacial score (nSPS) is 13.0. The third-order valence-corrected chi connectivity index (χ3v) is 5.87. The molecule has 34 heavy (non-hydrogen) atoms. The maximum atomic E-state index is 12.3. The number of imidazole rings is 1. The molecule has 9 nitrogen and oxygen atoms in total. The molecule has 4 rings (SSSR count). The Morgan fingerprint density at radius 1 is 1.06 bits per heavy atom. The van der Waals surface area contributed by atoms with Crippen molar-refractivity contribution < 1.29 is 24.2 Å². The highest BCUT2D eigenvalue weighted by Crippen LogP contribution is 2.44. The second-order valence-corrected chi connectivity index (χ2v) is 8.20. The number of carbonyl (C=O) groups excluding carboxylic acids is 2. The van der Waals surface area contributed by atoms with E-state index in [4.69, 9.17) is 9.84 Å². The van der Waals surface area contributed by atoms with Crippen LogP contribution in [-0.2, 0) is 16.1 Å². The van der Waals surface area contributed by atoms with Gasteiger partial charge in [-0.05, 0) is 22.3 Å². The highest BCUT2D eigenvalue weighted by atomic mass is 16.5. The predicted molar refractivity (Wildman–Crippen MR) is 124 cm³/mol. The van der Waals surface area contributed by atoms with Gasteiger partial charge in [0.15, 0.2) is 5.69 Å². The van der Waals surface area contributed by atoms with Crippen LogP contribution in [0.3, 0.4) is 0 Å². The van der Waals surface area contributed by atoms with E-state index in [0.717, 1.165) is 22.3 Å². The largest absolute Gasteiger partial charge is 0.476 e. The average molecular weight is 463 g/mol.